The summed E-state index contributed by atoms with van der Waals surface area (Å²) in [7, 11) is -3.74. The number of aryl methyl sites for hydroxylation is 1. The van der Waals surface area contributed by atoms with Crippen LogP contribution in [0.25, 0.3) is 10.9 Å². The summed E-state index contributed by atoms with van der Waals surface area (Å²) in [6.45, 7) is 2.74. The molecule has 0 radical (unpaired) electrons. The second kappa shape index (κ2) is 8.34. The van der Waals surface area contributed by atoms with Crippen molar-refractivity contribution in [3.63, 3.8) is 0 Å². The number of nitrogens with zero attached hydrogens (tertiary/aromatic N) is 1. The van der Waals surface area contributed by atoms with E-state index in [4.69, 9.17) is 10.5 Å². The van der Waals surface area contributed by atoms with Crippen molar-refractivity contribution in [2.45, 2.75) is 24.8 Å². The number of ether oxygens (including phenoxy) is 1. The molecule has 1 heterocycles. The highest BCUT2D eigenvalue weighted by atomic mass is 32.2. The van der Waals surface area contributed by atoms with Crippen LogP contribution in [0.3, 0.4) is 0 Å². The number of aromatic nitrogens is 1. The number of benzene rings is 3. The molecular weight excluding hydrogens is 396 g/mol. The first-order valence-corrected chi connectivity index (χ1v) is 11.3. The van der Waals surface area contributed by atoms with Crippen LogP contribution in [0.2, 0.25) is 0 Å². The Morgan fingerprint density at radius 3 is 2.37 bits per heavy atom. The Labute approximate surface area is 176 Å². The smallest absolute Gasteiger partial charge is 0.268 e. The van der Waals surface area contributed by atoms with Crippen LogP contribution in [0.5, 0.6) is 5.75 Å². The summed E-state index contributed by atoms with van der Waals surface area (Å²) in [6.07, 6.45) is 2.22. The third-order valence-corrected chi connectivity index (χ3v) is 6.75. The Morgan fingerprint density at radius 2 is 1.67 bits per heavy atom. The van der Waals surface area contributed by atoms with Gasteiger partial charge in [-0.3, -0.25) is 0 Å². The molecule has 0 spiro atoms. The summed E-state index contributed by atoms with van der Waals surface area (Å²) in [5.74, 6) is 0.651. The van der Waals surface area contributed by atoms with Crippen molar-refractivity contribution < 1.29 is 13.2 Å². The molecule has 4 rings (SSSR count). The summed E-state index contributed by atoms with van der Waals surface area (Å²) >= 11 is 0. The average Bonchev–Trinajstić information content (AvgIpc) is 3.14. The van der Waals surface area contributed by atoms with Gasteiger partial charge in [0.25, 0.3) is 10.0 Å². The number of hydrogen-bond donors (Lipinski definition) is 1. The standard InChI is InChI=1S/C24H24N2O3S/c1-18-10-12-21(13-11-18)30(27,28)26-16-20(14-15-25)24-22(26)8-5-9-23(24)29-17-19-6-3-2-4-7-19/h2-13,16H,14-15,17,25H2,1H3. The van der Waals surface area contributed by atoms with E-state index in [1.807, 2.05) is 49.4 Å². The van der Waals surface area contributed by atoms with Crippen molar-refractivity contribution in [3.8, 4) is 5.75 Å². The molecule has 0 aliphatic heterocycles. The van der Waals surface area contributed by atoms with Crippen LogP contribution in [0, 0.1) is 6.92 Å². The van der Waals surface area contributed by atoms with Gasteiger partial charge in [0.2, 0.25) is 0 Å². The zero-order valence-corrected chi connectivity index (χ0v) is 17.6. The van der Waals surface area contributed by atoms with Crippen LogP contribution in [-0.4, -0.2) is 18.9 Å². The fourth-order valence-electron chi connectivity index (χ4n) is 3.52. The molecule has 4 aromatic rings. The summed E-state index contributed by atoms with van der Waals surface area (Å²) in [5, 5.41) is 0.787. The van der Waals surface area contributed by atoms with E-state index in [0.717, 1.165) is 22.1 Å². The molecule has 5 nitrogen and oxygen atoms in total. The Kier molecular flexibility index (Phi) is 5.61. The first-order chi connectivity index (χ1) is 14.5. The molecule has 2 N–H and O–H groups in total. The second-order valence-corrected chi connectivity index (χ2v) is 9.05. The van der Waals surface area contributed by atoms with E-state index in [9.17, 15) is 8.42 Å². The summed E-state index contributed by atoms with van der Waals surface area (Å²) in [4.78, 5) is 0.250. The van der Waals surface area contributed by atoms with E-state index in [1.165, 1.54) is 3.97 Å². The van der Waals surface area contributed by atoms with Gasteiger partial charge in [0, 0.05) is 11.6 Å². The van der Waals surface area contributed by atoms with Gasteiger partial charge >= 0.3 is 0 Å². The zero-order chi connectivity index (χ0) is 21.1. The summed E-state index contributed by atoms with van der Waals surface area (Å²) in [5.41, 5.74) is 9.30. The van der Waals surface area contributed by atoms with Gasteiger partial charge in [0.1, 0.15) is 12.4 Å². The van der Waals surface area contributed by atoms with E-state index in [-0.39, 0.29) is 4.90 Å². The molecular formula is C24H24N2O3S. The van der Waals surface area contributed by atoms with Gasteiger partial charge in [0.15, 0.2) is 0 Å². The fourth-order valence-corrected chi connectivity index (χ4v) is 4.91. The SMILES string of the molecule is Cc1ccc(S(=O)(=O)n2cc(CCN)c3c(OCc4ccccc4)cccc32)cc1. The molecule has 0 aliphatic carbocycles. The molecule has 0 unspecified atom stereocenters. The van der Waals surface area contributed by atoms with Crippen molar-refractivity contribution in [3.05, 3.63) is 95.7 Å². The quantitative estimate of drug-likeness (QED) is 0.485. The van der Waals surface area contributed by atoms with Crippen molar-refractivity contribution in [1.82, 2.24) is 3.97 Å². The van der Waals surface area contributed by atoms with Crippen LogP contribution in [0.15, 0.2) is 83.9 Å². The Bertz CT molecular complexity index is 1260. The van der Waals surface area contributed by atoms with Gasteiger partial charge in [-0.2, -0.15) is 0 Å². The highest BCUT2D eigenvalue weighted by molar-refractivity contribution is 7.90. The molecule has 0 atom stereocenters. The highest BCUT2D eigenvalue weighted by Gasteiger charge is 2.23. The van der Waals surface area contributed by atoms with E-state index in [2.05, 4.69) is 0 Å². The summed E-state index contributed by atoms with van der Waals surface area (Å²) < 4.78 is 34.1. The molecule has 0 amide bonds. The maximum absolute atomic E-state index is 13.4. The molecule has 3 aromatic carbocycles. The van der Waals surface area contributed by atoms with E-state index in [1.54, 1.807) is 36.5 Å². The lowest BCUT2D eigenvalue weighted by Crippen LogP contribution is -2.12. The van der Waals surface area contributed by atoms with Crippen LogP contribution in [-0.2, 0) is 23.1 Å². The van der Waals surface area contributed by atoms with Crippen molar-refractivity contribution in [2.24, 2.45) is 5.73 Å². The van der Waals surface area contributed by atoms with E-state index >= 15 is 0 Å². The van der Waals surface area contributed by atoms with Gasteiger partial charge < -0.3 is 10.5 Å². The predicted molar refractivity (Wildman–Crippen MR) is 119 cm³/mol. The summed E-state index contributed by atoms with van der Waals surface area (Å²) in [6, 6.07) is 22.2. The normalized spacial score (nSPS) is 11.7. The molecule has 1 aromatic heterocycles. The molecule has 0 fully saturated rings. The third kappa shape index (κ3) is 3.84. The Morgan fingerprint density at radius 1 is 0.933 bits per heavy atom. The highest BCUT2D eigenvalue weighted by Crippen LogP contribution is 2.34. The zero-order valence-electron chi connectivity index (χ0n) is 16.8. The van der Waals surface area contributed by atoms with Crippen LogP contribution >= 0.6 is 0 Å². The van der Waals surface area contributed by atoms with Gasteiger partial charge in [-0.25, -0.2) is 12.4 Å². The Hall–Kier alpha value is -3.09. The van der Waals surface area contributed by atoms with Crippen LogP contribution in [0.4, 0.5) is 0 Å². The maximum atomic E-state index is 13.4. The first kappa shape index (κ1) is 20.2. The van der Waals surface area contributed by atoms with Crippen molar-refractivity contribution >= 4 is 20.9 Å². The minimum Gasteiger partial charge on any atom is -0.488 e. The van der Waals surface area contributed by atoms with Gasteiger partial charge in [0.05, 0.1) is 10.4 Å². The van der Waals surface area contributed by atoms with E-state index < -0.39 is 10.0 Å². The Balaban J connectivity index is 1.81. The largest absolute Gasteiger partial charge is 0.488 e. The lowest BCUT2D eigenvalue weighted by atomic mass is 10.1. The lowest BCUT2D eigenvalue weighted by molar-refractivity contribution is 0.310. The van der Waals surface area contributed by atoms with Crippen molar-refractivity contribution in [1.29, 1.82) is 0 Å². The molecule has 154 valence electrons. The minimum absolute atomic E-state index is 0.250. The third-order valence-electron chi connectivity index (χ3n) is 5.06. The topological polar surface area (TPSA) is 74.3 Å². The van der Waals surface area contributed by atoms with Gasteiger partial charge in [-0.05, 0) is 55.3 Å². The van der Waals surface area contributed by atoms with Gasteiger partial charge in [-0.1, -0.05) is 54.1 Å². The second-order valence-electron chi connectivity index (χ2n) is 7.23. The molecule has 30 heavy (non-hydrogen) atoms. The maximum Gasteiger partial charge on any atom is 0.268 e. The minimum atomic E-state index is -3.74. The van der Waals surface area contributed by atoms with Crippen LogP contribution < -0.4 is 10.5 Å². The number of hydrogen-bond acceptors (Lipinski definition) is 4. The molecule has 0 aliphatic rings. The predicted octanol–water partition coefficient (Wildman–Crippen LogP) is 4.27. The monoisotopic (exact) mass is 420 g/mol. The molecule has 6 heteroatoms. The number of rotatable bonds is 7. The number of nitrogens with two attached hydrogens (primary N) is 1. The van der Waals surface area contributed by atoms with E-state index in [0.29, 0.717) is 30.8 Å². The molecule has 0 bridgehead atoms. The number of fused-ring (bicyclic) bond motifs is 1. The van der Waals surface area contributed by atoms with Gasteiger partial charge in [-0.15, -0.1) is 0 Å². The fraction of sp³-hybridized carbons (Fsp3) is 0.167. The average molecular weight is 421 g/mol. The lowest BCUT2D eigenvalue weighted by Gasteiger charge is -2.10. The van der Waals surface area contributed by atoms with Crippen LogP contribution in [0.1, 0.15) is 16.7 Å². The first-order valence-electron chi connectivity index (χ1n) is 9.82. The molecule has 0 saturated heterocycles. The molecule has 0 saturated carbocycles. The van der Waals surface area contributed by atoms with Crippen molar-refractivity contribution in [2.75, 3.05) is 6.54 Å².